The summed E-state index contributed by atoms with van der Waals surface area (Å²) in [5, 5.41) is 22.6. The van der Waals surface area contributed by atoms with Crippen molar-refractivity contribution < 1.29 is 29.3 Å². The third kappa shape index (κ3) is 5.61. The summed E-state index contributed by atoms with van der Waals surface area (Å²) in [6.07, 6.45) is 6.06. The summed E-state index contributed by atoms with van der Waals surface area (Å²) in [6.45, 7) is 8.18. The molecule has 7 heteroatoms. The number of rotatable bonds is 7. The first-order valence-corrected chi connectivity index (χ1v) is 8.86. The summed E-state index contributed by atoms with van der Waals surface area (Å²) in [5.74, 6) is -1.31. The molecule has 1 aliphatic rings. The van der Waals surface area contributed by atoms with Crippen LogP contribution in [0, 0.1) is 5.41 Å². The molecule has 7 nitrogen and oxygen atoms in total. The minimum absolute atomic E-state index is 0.0313. The molecule has 0 bridgehead atoms. The summed E-state index contributed by atoms with van der Waals surface area (Å²) in [4.78, 5) is 35.4. The number of nitrogens with one attached hydrogen (secondary N) is 1. The van der Waals surface area contributed by atoms with E-state index in [4.69, 9.17) is 4.74 Å². The second kappa shape index (κ2) is 9.10. The van der Waals surface area contributed by atoms with E-state index in [0.29, 0.717) is 11.1 Å². The summed E-state index contributed by atoms with van der Waals surface area (Å²) in [6, 6.07) is -1.14. The Morgan fingerprint density at radius 2 is 2.04 bits per heavy atom. The van der Waals surface area contributed by atoms with Gasteiger partial charge in [-0.25, -0.2) is 4.79 Å². The van der Waals surface area contributed by atoms with E-state index in [1.807, 2.05) is 13.8 Å². The van der Waals surface area contributed by atoms with E-state index in [-0.39, 0.29) is 18.8 Å². The van der Waals surface area contributed by atoms with Gasteiger partial charge in [0.1, 0.15) is 5.60 Å². The van der Waals surface area contributed by atoms with E-state index < -0.39 is 35.5 Å². The second-order valence-electron chi connectivity index (χ2n) is 7.34. The lowest BCUT2D eigenvalue weighted by Crippen LogP contribution is -2.48. The van der Waals surface area contributed by atoms with Crippen LogP contribution in [-0.2, 0) is 19.1 Å². The van der Waals surface area contributed by atoms with Crippen molar-refractivity contribution in [1.29, 1.82) is 0 Å². The molecular formula is C20H29NO6. The third-order valence-corrected chi connectivity index (χ3v) is 4.64. The van der Waals surface area contributed by atoms with Crippen molar-refractivity contribution in [3.63, 3.8) is 0 Å². The van der Waals surface area contributed by atoms with Gasteiger partial charge in [0, 0.05) is 17.9 Å². The van der Waals surface area contributed by atoms with Gasteiger partial charge in [-0.2, -0.15) is 0 Å². The molecule has 1 rings (SSSR count). The van der Waals surface area contributed by atoms with Gasteiger partial charge in [-0.3, -0.25) is 9.59 Å². The average molecular weight is 379 g/mol. The third-order valence-electron chi connectivity index (χ3n) is 4.64. The Morgan fingerprint density at radius 1 is 1.41 bits per heavy atom. The number of ether oxygens (including phenoxy) is 1. The van der Waals surface area contributed by atoms with Crippen LogP contribution in [0.1, 0.15) is 41.0 Å². The molecule has 0 unspecified atom stereocenters. The number of esters is 1. The van der Waals surface area contributed by atoms with Gasteiger partial charge in [0.15, 0.2) is 11.8 Å². The molecule has 0 aromatic heterocycles. The molecule has 0 spiro atoms. The smallest absolute Gasteiger partial charge is 0.331 e. The zero-order valence-corrected chi connectivity index (χ0v) is 16.5. The Kier molecular flexibility index (Phi) is 7.68. The molecule has 1 aliphatic carbocycles. The molecule has 0 aromatic carbocycles. The maximum absolute atomic E-state index is 12.0. The number of allylic oxidation sites excluding steroid dienone is 3. The van der Waals surface area contributed by atoms with E-state index in [1.54, 1.807) is 32.9 Å². The van der Waals surface area contributed by atoms with Crippen LogP contribution in [0.5, 0.6) is 0 Å². The van der Waals surface area contributed by atoms with Crippen LogP contribution < -0.4 is 5.32 Å². The standard InChI is InChI=1S/C20H29NO6/c1-6-27-18(25)16(12-22)21-17(24)9-13(2)7-8-20(26)14(3)10-15(23)11-19(20,4)5/h7-10,16,22,26H,6,11-12H2,1-5H3,(H,21,24)/b8-7+,13-9+/t16-,20+/m0/s1. The Balaban J connectivity index is 2.91. The van der Waals surface area contributed by atoms with E-state index in [0.717, 1.165) is 0 Å². The molecule has 0 saturated carbocycles. The highest BCUT2D eigenvalue weighted by atomic mass is 16.5. The number of hydrogen-bond acceptors (Lipinski definition) is 6. The van der Waals surface area contributed by atoms with E-state index in [9.17, 15) is 24.6 Å². The fraction of sp³-hybridized carbons (Fsp3) is 0.550. The van der Waals surface area contributed by atoms with Crippen molar-refractivity contribution in [2.24, 2.45) is 5.41 Å². The number of aliphatic hydroxyl groups is 2. The Labute approximate surface area is 159 Å². The molecule has 0 aromatic rings. The maximum atomic E-state index is 12.0. The molecular weight excluding hydrogens is 350 g/mol. The number of hydrogen-bond donors (Lipinski definition) is 3. The zero-order valence-electron chi connectivity index (χ0n) is 16.5. The molecule has 27 heavy (non-hydrogen) atoms. The van der Waals surface area contributed by atoms with Crippen LogP contribution >= 0.6 is 0 Å². The van der Waals surface area contributed by atoms with Gasteiger partial charge in [-0.15, -0.1) is 0 Å². The summed E-state index contributed by atoms with van der Waals surface area (Å²) in [7, 11) is 0. The van der Waals surface area contributed by atoms with Crippen molar-refractivity contribution in [3.8, 4) is 0 Å². The van der Waals surface area contributed by atoms with Gasteiger partial charge in [0.25, 0.3) is 0 Å². The number of ketones is 1. The van der Waals surface area contributed by atoms with Crippen LogP contribution in [-0.4, -0.2) is 52.7 Å². The zero-order chi connectivity index (χ0) is 20.8. The molecule has 2 atom stereocenters. The topological polar surface area (TPSA) is 113 Å². The lowest BCUT2D eigenvalue weighted by atomic mass is 9.64. The molecule has 1 amide bonds. The SMILES string of the molecule is CCOC(=O)[C@H](CO)NC(=O)/C=C(C)/C=C/[C@@]1(O)C(C)=CC(=O)CC1(C)C. The monoisotopic (exact) mass is 379 g/mol. The molecule has 0 heterocycles. The van der Waals surface area contributed by atoms with Crippen molar-refractivity contribution in [2.45, 2.75) is 52.7 Å². The number of carbonyl (C=O) groups excluding carboxylic acids is 3. The van der Waals surface area contributed by atoms with Crippen molar-refractivity contribution in [2.75, 3.05) is 13.2 Å². The second-order valence-corrected chi connectivity index (χ2v) is 7.34. The highest BCUT2D eigenvalue weighted by Crippen LogP contribution is 2.44. The van der Waals surface area contributed by atoms with Gasteiger partial charge >= 0.3 is 5.97 Å². The van der Waals surface area contributed by atoms with Crippen LogP contribution in [0.15, 0.2) is 35.5 Å². The predicted octanol–water partition coefficient (Wildman–Crippen LogP) is 1.21. The quantitative estimate of drug-likeness (QED) is 0.348. The number of aliphatic hydroxyl groups excluding tert-OH is 1. The van der Waals surface area contributed by atoms with Gasteiger partial charge in [-0.05, 0) is 44.1 Å². The fourth-order valence-electron chi connectivity index (χ4n) is 3.01. The van der Waals surface area contributed by atoms with E-state index in [2.05, 4.69) is 5.32 Å². The van der Waals surface area contributed by atoms with Crippen molar-refractivity contribution >= 4 is 17.7 Å². The van der Waals surface area contributed by atoms with Gasteiger partial charge in [0.05, 0.1) is 13.2 Å². The normalized spacial score (nSPS) is 23.7. The largest absolute Gasteiger partial charge is 0.464 e. The molecule has 3 N–H and O–H groups in total. The molecule has 0 radical (unpaired) electrons. The Bertz CT molecular complexity index is 689. The van der Waals surface area contributed by atoms with E-state index >= 15 is 0 Å². The summed E-state index contributed by atoms with van der Waals surface area (Å²) >= 11 is 0. The first-order valence-electron chi connectivity index (χ1n) is 8.86. The van der Waals surface area contributed by atoms with Gasteiger partial charge in [-0.1, -0.05) is 19.9 Å². The van der Waals surface area contributed by atoms with Crippen LogP contribution in [0.3, 0.4) is 0 Å². The minimum Gasteiger partial charge on any atom is -0.464 e. The predicted molar refractivity (Wildman–Crippen MR) is 101 cm³/mol. The molecule has 150 valence electrons. The molecule has 0 fully saturated rings. The highest BCUT2D eigenvalue weighted by Gasteiger charge is 2.46. The summed E-state index contributed by atoms with van der Waals surface area (Å²) < 4.78 is 4.77. The van der Waals surface area contributed by atoms with Crippen LogP contribution in [0.25, 0.3) is 0 Å². The molecule has 0 saturated heterocycles. The molecule has 0 aliphatic heterocycles. The number of carbonyl (C=O) groups is 3. The minimum atomic E-state index is -1.31. The van der Waals surface area contributed by atoms with Crippen LogP contribution in [0.4, 0.5) is 0 Å². The lowest BCUT2D eigenvalue weighted by Gasteiger charge is -2.44. The Morgan fingerprint density at radius 3 is 2.56 bits per heavy atom. The highest BCUT2D eigenvalue weighted by molar-refractivity contribution is 5.93. The Hall–Kier alpha value is -2.25. The first-order chi connectivity index (χ1) is 12.5. The van der Waals surface area contributed by atoms with Crippen LogP contribution in [0.2, 0.25) is 0 Å². The average Bonchev–Trinajstić information content (AvgIpc) is 2.55. The number of amides is 1. The van der Waals surface area contributed by atoms with Crippen molar-refractivity contribution in [3.05, 3.63) is 35.5 Å². The lowest BCUT2D eigenvalue weighted by molar-refractivity contribution is -0.148. The maximum Gasteiger partial charge on any atom is 0.331 e. The van der Waals surface area contributed by atoms with Gasteiger partial charge in [0.2, 0.25) is 5.91 Å². The first kappa shape index (κ1) is 22.8. The fourth-order valence-corrected chi connectivity index (χ4v) is 3.01. The summed E-state index contributed by atoms with van der Waals surface area (Å²) in [5.41, 5.74) is -0.930. The van der Waals surface area contributed by atoms with E-state index in [1.165, 1.54) is 12.2 Å². The van der Waals surface area contributed by atoms with Crippen molar-refractivity contribution in [1.82, 2.24) is 5.32 Å². The van der Waals surface area contributed by atoms with Gasteiger partial charge < -0.3 is 20.3 Å².